The topological polar surface area (TPSA) is 55.4 Å². The highest BCUT2D eigenvalue weighted by Crippen LogP contribution is 1.99. The Bertz CT molecular complexity index is 362. The van der Waals surface area contributed by atoms with Crippen LogP contribution in [0.2, 0.25) is 0 Å². The van der Waals surface area contributed by atoms with Gasteiger partial charge in [0, 0.05) is 12.7 Å². The van der Waals surface area contributed by atoms with Gasteiger partial charge < -0.3 is 10.1 Å². The van der Waals surface area contributed by atoms with E-state index in [1.54, 1.807) is 31.2 Å². The molecule has 0 radical (unpaired) electrons. The Balaban J connectivity index is 2.45. The first kappa shape index (κ1) is 12.4. The minimum absolute atomic E-state index is 0.00343. The number of carbonyl (C=O) groups excluding carboxylic acids is 2. The number of Topliss-reactive ketones (excluding diaryl/α,β-unsaturated/α-hetero) is 1. The van der Waals surface area contributed by atoms with Crippen molar-refractivity contribution >= 4 is 11.7 Å². The van der Waals surface area contributed by atoms with Gasteiger partial charge in [0.05, 0.1) is 6.54 Å². The largest absolute Gasteiger partial charge is 0.372 e. The molecule has 0 heterocycles. The summed E-state index contributed by atoms with van der Waals surface area (Å²) in [7, 11) is 1.45. The van der Waals surface area contributed by atoms with Crippen molar-refractivity contribution in [2.24, 2.45) is 0 Å². The van der Waals surface area contributed by atoms with Crippen LogP contribution in [0.3, 0.4) is 0 Å². The van der Waals surface area contributed by atoms with Crippen LogP contribution < -0.4 is 5.32 Å². The number of ketones is 1. The van der Waals surface area contributed by atoms with E-state index >= 15 is 0 Å². The Labute approximate surface area is 94.6 Å². The van der Waals surface area contributed by atoms with E-state index in [0.29, 0.717) is 5.56 Å². The number of hydrogen-bond donors (Lipinski definition) is 1. The second-order valence-corrected chi connectivity index (χ2v) is 3.38. The average molecular weight is 221 g/mol. The molecule has 1 aromatic rings. The van der Waals surface area contributed by atoms with Gasteiger partial charge in [0.25, 0.3) is 0 Å². The highest BCUT2D eigenvalue weighted by Gasteiger charge is 2.12. The summed E-state index contributed by atoms with van der Waals surface area (Å²) in [6, 6.07) is 8.84. The lowest BCUT2D eigenvalue weighted by Crippen LogP contribution is -2.37. The first-order chi connectivity index (χ1) is 7.65. The summed E-state index contributed by atoms with van der Waals surface area (Å²) in [5.74, 6) is -0.399. The van der Waals surface area contributed by atoms with Crippen LogP contribution in [-0.2, 0) is 9.53 Å². The van der Waals surface area contributed by atoms with E-state index in [0.717, 1.165) is 0 Å². The van der Waals surface area contributed by atoms with Crippen molar-refractivity contribution < 1.29 is 14.3 Å². The molecule has 0 aromatic heterocycles. The fourth-order valence-corrected chi connectivity index (χ4v) is 1.14. The highest BCUT2D eigenvalue weighted by atomic mass is 16.5. The van der Waals surface area contributed by atoms with Crippen molar-refractivity contribution in [1.82, 2.24) is 5.32 Å². The maximum atomic E-state index is 11.6. The molecular weight excluding hydrogens is 206 g/mol. The van der Waals surface area contributed by atoms with Crippen molar-refractivity contribution in [2.45, 2.75) is 13.0 Å². The van der Waals surface area contributed by atoms with Gasteiger partial charge in [-0.2, -0.15) is 0 Å². The van der Waals surface area contributed by atoms with E-state index in [4.69, 9.17) is 4.74 Å². The zero-order valence-corrected chi connectivity index (χ0v) is 9.40. The number of amides is 1. The molecule has 1 atom stereocenters. The SMILES string of the molecule is COC(C)C(=O)NCC(=O)c1ccccc1. The first-order valence-electron chi connectivity index (χ1n) is 5.04. The zero-order chi connectivity index (χ0) is 12.0. The molecule has 0 fully saturated rings. The minimum atomic E-state index is -0.538. The number of rotatable bonds is 5. The molecule has 1 amide bonds. The van der Waals surface area contributed by atoms with Crippen LogP contribution in [0.4, 0.5) is 0 Å². The van der Waals surface area contributed by atoms with E-state index in [9.17, 15) is 9.59 Å². The Morgan fingerprint density at radius 2 is 1.94 bits per heavy atom. The lowest BCUT2D eigenvalue weighted by atomic mass is 10.1. The molecule has 0 aliphatic carbocycles. The van der Waals surface area contributed by atoms with Gasteiger partial charge >= 0.3 is 0 Å². The first-order valence-corrected chi connectivity index (χ1v) is 5.04. The molecule has 4 nitrogen and oxygen atoms in total. The summed E-state index contributed by atoms with van der Waals surface area (Å²) in [6.45, 7) is 1.62. The maximum Gasteiger partial charge on any atom is 0.249 e. The van der Waals surface area contributed by atoms with E-state index in [2.05, 4.69) is 5.32 Å². The van der Waals surface area contributed by atoms with Crippen LogP contribution in [0.15, 0.2) is 30.3 Å². The fraction of sp³-hybridized carbons (Fsp3) is 0.333. The highest BCUT2D eigenvalue weighted by molar-refractivity contribution is 5.99. The molecule has 0 spiro atoms. The average Bonchev–Trinajstić information content (AvgIpc) is 2.35. The number of ether oxygens (including phenoxy) is 1. The maximum absolute atomic E-state index is 11.6. The van der Waals surface area contributed by atoms with Crippen molar-refractivity contribution in [2.75, 3.05) is 13.7 Å². The van der Waals surface area contributed by atoms with E-state index in [-0.39, 0.29) is 18.2 Å². The van der Waals surface area contributed by atoms with Gasteiger partial charge in [-0.1, -0.05) is 30.3 Å². The minimum Gasteiger partial charge on any atom is -0.372 e. The van der Waals surface area contributed by atoms with Crippen molar-refractivity contribution in [3.05, 3.63) is 35.9 Å². The Kier molecular flexibility index (Phi) is 4.66. The Morgan fingerprint density at radius 1 is 1.31 bits per heavy atom. The Morgan fingerprint density at radius 3 is 2.50 bits per heavy atom. The second-order valence-electron chi connectivity index (χ2n) is 3.38. The third-order valence-corrected chi connectivity index (χ3v) is 2.24. The van der Waals surface area contributed by atoms with E-state index in [1.807, 2.05) is 6.07 Å². The second kappa shape index (κ2) is 6.02. The molecule has 0 saturated heterocycles. The number of hydrogen-bond acceptors (Lipinski definition) is 3. The molecule has 4 heteroatoms. The predicted molar refractivity (Wildman–Crippen MR) is 60.3 cm³/mol. The van der Waals surface area contributed by atoms with Crippen LogP contribution in [0.1, 0.15) is 17.3 Å². The van der Waals surface area contributed by atoms with Gasteiger partial charge in [-0.25, -0.2) is 0 Å². The van der Waals surface area contributed by atoms with Gasteiger partial charge in [-0.15, -0.1) is 0 Å². The molecule has 0 aliphatic heterocycles. The summed E-state index contributed by atoms with van der Waals surface area (Å²) < 4.78 is 4.83. The summed E-state index contributed by atoms with van der Waals surface area (Å²) in [5, 5.41) is 2.52. The van der Waals surface area contributed by atoms with Gasteiger partial charge in [-0.3, -0.25) is 9.59 Å². The molecule has 0 saturated carbocycles. The van der Waals surface area contributed by atoms with Gasteiger partial charge in [-0.05, 0) is 6.92 Å². The van der Waals surface area contributed by atoms with Crippen molar-refractivity contribution in [3.63, 3.8) is 0 Å². The van der Waals surface area contributed by atoms with E-state index < -0.39 is 6.10 Å². The normalized spacial score (nSPS) is 11.9. The molecular formula is C12H15NO3. The molecule has 86 valence electrons. The van der Waals surface area contributed by atoms with Crippen LogP contribution in [0.5, 0.6) is 0 Å². The van der Waals surface area contributed by atoms with Gasteiger partial charge in [0.1, 0.15) is 6.10 Å². The van der Waals surface area contributed by atoms with Crippen LogP contribution in [0.25, 0.3) is 0 Å². The molecule has 1 unspecified atom stereocenters. The number of carbonyl (C=O) groups is 2. The number of nitrogens with one attached hydrogen (secondary N) is 1. The molecule has 1 aromatic carbocycles. The third-order valence-electron chi connectivity index (χ3n) is 2.24. The van der Waals surface area contributed by atoms with Gasteiger partial charge in [0.2, 0.25) is 5.91 Å². The molecule has 1 N–H and O–H groups in total. The predicted octanol–water partition coefficient (Wildman–Crippen LogP) is 1.02. The monoisotopic (exact) mass is 221 g/mol. The summed E-state index contributed by atoms with van der Waals surface area (Å²) in [4.78, 5) is 22.9. The molecule has 0 aliphatic rings. The van der Waals surface area contributed by atoms with Crippen LogP contribution in [0, 0.1) is 0 Å². The fourth-order valence-electron chi connectivity index (χ4n) is 1.14. The summed E-state index contributed by atoms with van der Waals surface area (Å²) >= 11 is 0. The summed E-state index contributed by atoms with van der Waals surface area (Å²) in [6.07, 6.45) is -0.538. The lowest BCUT2D eigenvalue weighted by Gasteiger charge is -2.09. The quantitative estimate of drug-likeness (QED) is 0.755. The molecule has 16 heavy (non-hydrogen) atoms. The van der Waals surface area contributed by atoms with Crippen LogP contribution in [-0.4, -0.2) is 31.4 Å². The standard InChI is InChI=1S/C12H15NO3/c1-9(16-2)12(15)13-8-11(14)10-6-4-3-5-7-10/h3-7,9H,8H2,1-2H3,(H,13,15). The summed E-state index contributed by atoms with van der Waals surface area (Å²) in [5.41, 5.74) is 0.591. The third kappa shape index (κ3) is 3.47. The smallest absolute Gasteiger partial charge is 0.249 e. The molecule has 1 rings (SSSR count). The zero-order valence-electron chi connectivity index (χ0n) is 9.40. The van der Waals surface area contributed by atoms with Crippen molar-refractivity contribution in [3.8, 4) is 0 Å². The number of benzene rings is 1. The van der Waals surface area contributed by atoms with E-state index in [1.165, 1.54) is 7.11 Å². The van der Waals surface area contributed by atoms with Crippen molar-refractivity contribution in [1.29, 1.82) is 0 Å². The van der Waals surface area contributed by atoms with Gasteiger partial charge in [0.15, 0.2) is 5.78 Å². The Hall–Kier alpha value is -1.68. The molecule has 0 bridgehead atoms. The number of methoxy groups -OCH3 is 1. The van der Waals surface area contributed by atoms with Crippen LogP contribution >= 0.6 is 0 Å². The lowest BCUT2D eigenvalue weighted by molar-refractivity contribution is -0.129.